The summed E-state index contributed by atoms with van der Waals surface area (Å²) in [5.41, 5.74) is 0.0771. The molecule has 0 radical (unpaired) electrons. The summed E-state index contributed by atoms with van der Waals surface area (Å²) in [6, 6.07) is 2.00. The molecule has 14 heteroatoms. The monoisotopic (exact) mass is 574 g/mol. The number of thioether (sulfide) groups is 1. The van der Waals surface area contributed by atoms with Gasteiger partial charge in [0.1, 0.15) is 6.04 Å². The Morgan fingerprint density at radius 2 is 1.64 bits per heavy atom. The second-order valence-electron chi connectivity index (χ2n) is 11.7. The number of hydrazine groups is 1. The number of hydrogen-bond donors (Lipinski definition) is 3. The van der Waals surface area contributed by atoms with Crippen LogP contribution in [0.3, 0.4) is 0 Å². The molecular formula is C25H37F3N6O4S. The molecule has 0 unspecified atom stereocenters. The minimum absolute atomic E-state index is 0.0681. The number of likely N-dealkylation sites (tertiary alicyclic amines) is 1. The van der Waals surface area contributed by atoms with E-state index < -0.39 is 12.1 Å². The summed E-state index contributed by atoms with van der Waals surface area (Å²) >= 11 is 1.61. The molecule has 2 aliphatic heterocycles. The maximum Gasteiger partial charge on any atom is 0.490 e. The number of nitriles is 1. The normalized spacial score (nSPS) is 32.5. The van der Waals surface area contributed by atoms with E-state index in [1.54, 1.807) is 21.7 Å². The lowest BCUT2D eigenvalue weighted by Gasteiger charge is -2.57. The molecule has 1 atom stereocenters. The van der Waals surface area contributed by atoms with Crippen molar-refractivity contribution in [1.29, 1.82) is 5.26 Å². The Morgan fingerprint density at radius 3 is 2.13 bits per heavy atom. The van der Waals surface area contributed by atoms with E-state index in [1.807, 2.05) is 0 Å². The summed E-state index contributed by atoms with van der Waals surface area (Å²) in [7, 11) is 0. The van der Waals surface area contributed by atoms with Crippen LogP contribution in [-0.2, 0) is 14.4 Å². The number of alkyl halides is 3. The van der Waals surface area contributed by atoms with E-state index >= 15 is 0 Å². The van der Waals surface area contributed by atoms with E-state index in [0.717, 1.165) is 43.7 Å². The Kier molecular flexibility index (Phi) is 9.35. The highest BCUT2D eigenvalue weighted by molar-refractivity contribution is 7.99. The second-order valence-corrected chi connectivity index (χ2v) is 12.7. The van der Waals surface area contributed by atoms with Gasteiger partial charge in [0, 0.05) is 30.4 Å². The van der Waals surface area contributed by atoms with Gasteiger partial charge in [0.25, 0.3) is 0 Å². The van der Waals surface area contributed by atoms with Crippen LogP contribution in [0.15, 0.2) is 0 Å². The number of halogens is 3. The number of carboxylic acid groups (broad SMARTS) is 1. The first kappa shape index (κ1) is 29.9. The SMILES string of the molecule is N#C[C@@H]1CSCN1C(=O)CN(N)C1CCN(CC(=O)NC23CC4CC(CC(C4)C2)C3)CC1.O=C(O)C(F)(F)F. The molecule has 0 aromatic rings. The molecule has 4 aliphatic carbocycles. The fourth-order valence-electron chi connectivity index (χ4n) is 7.38. The molecule has 10 nitrogen and oxygen atoms in total. The molecule has 6 rings (SSSR count). The summed E-state index contributed by atoms with van der Waals surface area (Å²) in [5, 5.41) is 21.4. The van der Waals surface area contributed by atoms with Crippen molar-refractivity contribution in [2.45, 2.75) is 75.2 Å². The third kappa shape index (κ3) is 7.56. The standard InChI is InChI=1S/C23H36N6O2S.C2HF3O2/c24-11-20-14-32-15-28(20)22(31)13-29(25)19-1-3-27(4-2-19)12-21(30)26-23-8-16-5-17(9-23)7-18(6-16)10-23;3-2(4,5)1(6)7/h16-20H,1-10,12-15,25H2,(H,26,30);(H,6,7)/t16?,17?,18?,20-,23?;/m1./s1. The molecule has 4 bridgehead atoms. The van der Waals surface area contributed by atoms with Gasteiger partial charge in [-0.25, -0.2) is 9.80 Å². The van der Waals surface area contributed by atoms with Gasteiger partial charge in [0.2, 0.25) is 11.8 Å². The second kappa shape index (κ2) is 12.2. The maximum atomic E-state index is 12.9. The van der Waals surface area contributed by atoms with Crippen molar-refractivity contribution in [3.63, 3.8) is 0 Å². The zero-order valence-electron chi connectivity index (χ0n) is 21.9. The smallest absolute Gasteiger partial charge is 0.475 e. The molecule has 0 spiro atoms. The Bertz CT molecular complexity index is 933. The van der Waals surface area contributed by atoms with Gasteiger partial charge >= 0.3 is 12.1 Å². The van der Waals surface area contributed by atoms with Gasteiger partial charge < -0.3 is 15.3 Å². The van der Waals surface area contributed by atoms with Crippen molar-refractivity contribution in [2.24, 2.45) is 23.6 Å². The first-order valence-electron chi connectivity index (χ1n) is 13.5. The van der Waals surface area contributed by atoms with Crippen LogP contribution < -0.4 is 11.2 Å². The van der Waals surface area contributed by atoms with Gasteiger partial charge in [-0.05, 0) is 69.1 Å². The maximum absolute atomic E-state index is 12.9. The lowest BCUT2D eigenvalue weighted by atomic mass is 9.53. The van der Waals surface area contributed by atoms with Crippen LogP contribution in [0.5, 0.6) is 0 Å². The molecule has 0 aromatic carbocycles. The van der Waals surface area contributed by atoms with E-state index in [0.29, 0.717) is 18.2 Å². The van der Waals surface area contributed by atoms with E-state index in [-0.39, 0.29) is 36.0 Å². The van der Waals surface area contributed by atoms with Crippen molar-refractivity contribution in [2.75, 3.05) is 37.8 Å². The average molecular weight is 575 g/mol. The van der Waals surface area contributed by atoms with Gasteiger partial charge in [0.15, 0.2) is 0 Å². The zero-order valence-corrected chi connectivity index (χ0v) is 22.7. The minimum Gasteiger partial charge on any atom is -0.475 e. The Morgan fingerprint density at radius 1 is 1.10 bits per heavy atom. The average Bonchev–Trinajstić information content (AvgIpc) is 3.32. The highest BCUT2D eigenvalue weighted by atomic mass is 32.2. The van der Waals surface area contributed by atoms with E-state index in [9.17, 15) is 28.0 Å². The molecule has 4 N–H and O–H groups in total. The number of carbonyl (C=O) groups excluding carboxylic acids is 2. The summed E-state index contributed by atoms with van der Waals surface area (Å²) in [5.74, 6) is 7.34. The van der Waals surface area contributed by atoms with Crippen LogP contribution in [0, 0.1) is 29.1 Å². The fourth-order valence-corrected chi connectivity index (χ4v) is 8.49. The zero-order chi connectivity index (χ0) is 28.4. The van der Waals surface area contributed by atoms with Gasteiger partial charge in [-0.1, -0.05) is 0 Å². The minimum atomic E-state index is -5.08. The summed E-state index contributed by atoms with van der Waals surface area (Å²) in [6.45, 7) is 2.26. The van der Waals surface area contributed by atoms with E-state index in [2.05, 4.69) is 16.3 Å². The van der Waals surface area contributed by atoms with Crippen LogP contribution >= 0.6 is 11.8 Å². The molecule has 4 saturated carbocycles. The van der Waals surface area contributed by atoms with Crippen LogP contribution in [-0.4, -0.2) is 99.3 Å². The number of nitrogens with two attached hydrogens (primary N) is 1. The molecular weight excluding hydrogens is 537 g/mol. The number of rotatable bonds is 6. The topological polar surface area (TPSA) is 143 Å². The number of nitrogens with one attached hydrogen (secondary N) is 1. The lowest BCUT2D eigenvalue weighted by Crippen LogP contribution is -2.61. The molecule has 2 amide bonds. The predicted molar refractivity (Wildman–Crippen MR) is 137 cm³/mol. The number of nitrogens with zero attached hydrogens (tertiary/aromatic N) is 4. The van der Waals surface area contributed by atoms with Crippen LogP contribution in [0.2, 0.25) is 0 Å². The highest BCUT2D eigenvalue weighted by Gasteiger charge is 2.51. The summed E-state index contributed by atoms with van der Waals surface area (Å²) in [6.07, 6.45) is 4.33. The van der Waals surface area contributed by atoms with Crippen molar-refractivity contribution in [3.8, 4) is 6.07 Å². The van der Waals surface area contributed by atoms with Crippen molar-refractivity contribution in [3.05, 3.63) is 0 Å². The Hall–Kier alpha value is -2.08. The molecule has 6 aliphatic rings. The number of hydrogen-bond acceptors (Lipinski definition) is 8. The van der Waals surface area contributed by atoms with Crippen molar-refractivity contribution in [1.82, 2.24) is 20.1 Å². The van der Waals surface area contributed by atoms with Crippen LogP contribution in [0.25, 0.3) is 0 Å². The van der Waals surface area contributed by atoms with Crippen LogP contribution in [0.1, 0.15) is 51.4 Å². The van der Waals surface area contributed by atoms with Crippen molar-refractivity contribution < 1.29 is 32.7 Å². The van der Waals surface area contributed by atoms with E-state index in [4.69, 9.17) is 15.7 Å². The van der Waals surface area contributed by atoms with Gasteiger partial charge in [-0.15, -0.1) is 11.8 Å². The molecule has 6 fully saturated rings. The number of carboxylic acids is 1. The molecule has 218 valence electrons. The fraction of sp³-hybridized carbons (Fsp3) is 0.840. The van der Waals surface area contributed by atoms with Gasteiger partial charge in [-0.2, -0.15) is 18.4 Å². The lowest BCUT2D eigenvalue weighted by molar-refractivity contribution is -0.192. The van der Waals surface area contributed by atoms with Crippen molar-refractivity contribution >= 4 is 29.5 Å². The van der Waals surface area contributed by atoms with Crippen LogP contribution in [0.4, 0.5) is 13.2 Å². The number of piperidine rings is 1. The molecule has 0 aromatic heterocycles. The van der Waals surface area contributed by atoms with Gasteiger partial charge in [-0.3, -0.25) is 20.3 Å². The highest BCUT2D eigenvalue weighted by Crippen LogP contribution is 2.55. The summed E-state index contributed by atoms with van der Waals surface area (Å²) < 4.78 is 31.7. The third-order valence-electron chi connectivity index (χ3n) is 8.75. The number of carbonyl (C=O) groups is 3. The first-order valence-corrected chi connectivity index (χ1v) is 14.6. The Labute approximate surface area is 230 Å². The number of aliphatic carboxylic acids is 1. The van der Waals surface area contributed by atoms with E-state index in [1.165, 1.54) is 38.5 Å². The van der Waals surface area contributed by atoms with Gasteiger partial charge in [0.05, 0.1) is 25.0 Å². The largest absolute Gasteiger partial charge is 0.490 e. The molecule has 2 heterocycles. The molecule has 39 heavy (non-hydrogen) atoms. The Balaban J connectivity index is 0.000000448. The summed E-state index contributed by atoms with van der Waals surface area (Å²) in [4.78, 5) is 38.2. The quantitative estimate of drug-likeness (QED) is 0.319. The number of amides is 2. The third-order valence-corrected chi connectivity index (χ3v) is 9.76. The first-order chi connectivity index (χ1) is 18.4. The molecule has 2 saturated heterocycles. The predicted octanol–water partition coefficient (Wildman–Crippen LogP) is 1.77.